The molecule has 1 N–H and O–H groups in total. The molecule has 4 heteroatoms. The maximum Gasteiger partial charge on any atom is 0.0813 e. The number of hydrogen-bond donors (Lipinski definition) is 1. The Labute approximate surface area is 126 Å². The van der Waals surface area contributed by atoms with E-state index < -0.39 is 0 Å². The minimum Gasteiger partial charge on any atom is -0.382 e. The highest BCUT2D eigenvalue weighted by Gasteiger charge is 2.21. The topological polar surface area (TPSA) is 24.9 Å². The van der Waals surface area contributed by atoms with Crippen LogP contribution >= 0.6 is 22.9 Å². The van der Waals surface area contributed by atoms with E-state index in [1.165, 1.54) is 21.5 Å². The number of anilines is 1. The zero-order valence-corrected chi connectivity index (χ0v) is 12.3. The number of nitrogens with zero attached hydrogens (tertiary/aromatic N) is 1. The van der Waals surface area contributed by atoms with Gasteiger partial charge in [0.2, 0.25) is 0 Å². The van der Waals surface area contributed by atoms with Gasteiger partial charge in [-0.2, -0.15) is 0 Å². The van der Waals surface area contributed by atoms with Crippen LogP contribution in [-0.2, 0) is 12.8 Å². The highest BCUT2D eigenvalue weighted by molar-refractivity contribution is 7.16. The molecule has 3 aromatic rings. The van der Waals surface area contributed by atoms with Gasteiger partial charge in [-0.05, 0) is 54.3 Å². The second kappa shape index (κ2) is 4.76. The summed E-state index contributed by atoms with van der Waals surface area (Å²) in [5.41, 5.74) is 6.91. The van der Waals surface area contributed by atoms with Crippen LogP contribution in [0.5, 0.6) is 0 Å². The summed E-state index contributed by atoms with van der Waals surface area (Å²) in [5, 5.41) is 4.45. The first-order valence-corrected chi connectivity index (χ1v) is 7.91. The fraction of sp³-hybridized carbons (Fsp3) is 0.188. The van der Waals surface area contributed by atoms with Crippen molar-refractivity contribution in [2.45, 2.75) is 18.9 Å². The van der Waals surface area contributed by atoms with E-state index >= 15 is 0 Å². The van der Waals surface area contributed by atoms with E-state index in [1.54, 1.807) is 11.3 Å². The summed E-state index contributed by atoms with van der Waals surface area (Å²) in [4.78, 5) is 4.31. The van der Waals surface area contributed by atoms with Crippen molar-refractivity contribution < 1.29 is 0 Å². The summed E-state index contributed by atoms with van der Waals surface area (Å²) in [6, 6.07) is 13.0. The molecule has 4 rings (SSSR count). The highest BCUT2D eigenvalue weighted by atomic mass is 35.5. The molecule has 2 aromatic carbocycles. The van der Waals surface area contributed by atoms with E-state index in [1.807, 2.05) is 11.6 Å². The van der Waals surface area contributed by atoms with Gasteiger partial charge in [0.15, 0.2) is 0 Å². The van der Waals surface area contributed by atoms with E-state index in [0.29, 0.717) is 6.04 Å². The van der Waals surface area contributed by atoms with Crippen molar-refractivity contribution in [1.82, 2.24) is 4.98 Å². The molecule has 0 bridgehead atoms. The van der Waals surface area contributed by atoms with Crippen LogP contribution in [0.25, 0.3) is 10.2 Å². The van der Waals surface area contributed by atoms with Crippen LogP contribution in [0.1, 0.15) is 11.1 Å². The largest absolute Gasteiger partial charge is 0.382 e. The fourth-order valence-corrected chi connectivity index (χ4v) is 3.78. The molecule has 0 saturated heterocycles. The molecule has 0 radical (unpaired) electrons. The lowest BCUT2D eigenvalue weighted by Crippen LogP contribution is -2.19. The minimum atomic E-state index is 0.453. The van der Waals surface area contributed by atoms with Crippen molar-refractivity contribution >= 4 is 38.8 Å². The SMILES string of the molecule is Clc1ccc2c(c1)CC(Nc1ccc3ncsc3c1)C2. The summed E-state index contributed by atoms with van der Waals surface area (Å²) in [6.45, 7) is 0. The highest BCUT2D eigenvalue weighted by Crippen LogP contribution is 2.28. The van der Waals surface area contributed by atoms with Crippen molar-refractivity contribution in [3.8, 4) is 0 Å². The van der Waals surface area contributed by atoms with Crippen LogP contribution in [-0.4, -0.2) is 11.0 Å². The molecule has 0 aliphatic heterocycles. The fourth-order valence-electron chi connectivity index (χ4n) is 2.87. The average Bonchev–Trinajstić information content (AvgIpc) is 3.03. The van der Waals surface area contributed by atoms with Crippen LogP contribution in [0.2, 0.25) is 5.02 Å². The van der Waals surface area contributed by atoms with Crippen LogP contribution < -0.4 is 5.32 Å². The Morgan fingerprint density at radius 2 is 2.00 bits per heavy atom. The Kier molecular flexibility index (Phi) is 2.90. The third-order valence-electron chi connectivity index (χ3n) is 3.80. The number of hydrogen-bond acceptors (Lipinski definition) is 3. The first kappa shape index (κ1) is 12.2. The average molecular weight is 301 g/mol. The third kappa shape index (κ3) is 2.17. The van der Waals surface area contributed by atoms with E-state index in [9.17, 15) is 0 Å². The molecule has 1 heterocycles. The van der Waals surface area contributed by atoms with Gasteiger partial charge in [0.05, 0.1) is 15.7 Å². The summed E-state index contributed by atoms with van der Waals surface area (Å²) < 4.78 is 1.23. The Morgan fingerprint density at radius 3 is 2.95 bits per heavy atom. The number of benzene rings is 2. The van der Waals surface area contributed by atoms with Gasteiger partial charge in [0, 0.05) is 16.8 Å². The molecule has 100 valence electrons. The van der Waals surface area contributed by atoms with Gasteiger partial charge < -0.3 is 5.32 Å². The molecule has 0 spiro atoms. The minimum absolute atomic E-state index is 0.453. The second-order valence-electron chi connectivity index (χ2n) is 5.20. The normalized spacial score (nSPS) is 17.4. The summed E-state index contributed by atoms with van der Waals surface area (Å²) in [5.74, 6) is 0. The second-order valence-corrected chi connectivity index (χ2v) is 6.52. The maximum absolute atomic E-state index is 6.06. The predicted molar refractivity (Wildman–Crippen MR) is 85.9 cm³/mol. The number of nitrogens with one attached hydrogen (secondary N) is 1. The molecule has 1 aliphatic carbocycles. The number of rotatable bonds is 2. The monoisotopic (exact) mass is 300 g/mol. The smallest absolute Gasteiger partial charge is 0.0813 e. The predicted octanol–water partition coefficient (Wildman–Crippen LogP) is 4.53. The van der Waals surface area contributed by atoms with Crippen LogP contribution in [0.4, 0.5) is 5.69 Å². The molecule has 20 heavy (non-hydrogen) atoms. The standard InChI is InChI=1S/C16H13ClN2S/c17-12-2-1-10-6-14(7-11(10)5-12)19-13-3-4-15-16(8-13)20-9-18-15/h1-5,8-9,14,19H,6-7H2. The third-order valence-corrected chi connectivity index (χ3v) is 4.83. The van der Waals surface area contributed by atoms with Crippen molar-refractivity contribution in [2.24, 2.45) is 0 Å². The first-order valence-electron chi connectivity index (χ1n) is 6.65. The lowest BCUT2D eigenvalue weighted by molar-refractivity contribution is 0.774. The number of fused-ring (bicyclic) bond motifs is 2. The van der Waals surface area contributed by atoms with Crippen LogP contribution in [0.3, 0.4) is 0 Å². The Balaban J connectivity index is 1.55. The van der Waals surface area contributed by atoms with Crippen molar-refractivity contribution in [2.75, 3.05) is 5.32 Å². The molecule has 0 amide bonds. The maximum atomic E-state index is 6.06. The molecule has 1 aromatic heterocycles. The van der Waals surface area contributed by atoms with Gasteiger partial charge in [-0.15, -0.1) is 11.3 Å². The Morgan fingerprint density at radius 1 is 1.10 bits per heavy atom. The lowest BCUT2D eigenvalue weighted by atomic mass is 10.1. The summed E-state index contributed by atoms with van der Waals surface area (Å²) in [7, 11) is 0. The molecular weight excluding hydrogens is 288 g/mol. The quantitative estimate of drug-likeness (QED) is 0.752. The number of aromatic nitrogens is 1. The van der Waals surface area contributed by atoms with Gasteiger partial charge in [0.1, 0.15) is 0 Å². The van der Waals surface area contributed by atoms with E-state index in [0.717, 1.165) is 23.4 Å². The molecule has 0 fully saturated rings. The molecular formula is C16H13ClN2S. The summed E-state index contributed by atoms with van der Waals surface area (Å²) in [6.07, 6.45) is 2.10. The van der Waals surface area contributed by atoms with Gasteiger partial charge in [-0.25, -0.2) is 4.98 Å². The van der Waals surface area contributed by atoms with Gasteiger partial charge in [-0.1, -0.05) is 17.7 Å². The zero-order chi connectivity index (χ0) is 13.5. The van der Waals surface area contributed by atoms with Gasteiger partial charge in [0.25, 0.3) is 0 Å². The van der Waals surface area contributed by atoms with Crippen molar-refractivity contribution in [3.63, 3.8) is 0 Å². The Hall–Kier alpha value is -1.58. The number of thiazole rings is 1. The van der Waals surface area contributed by atoms with Crippen LogP contribution in [0, 0.1) is 0 Å². The van der Waals surface area contributed by atoms with E-state index in [-0.39, 0.29) is 0 Å². The molecule has 1 atom stereocenters. The zero-order valence-electron chi connectivity index (χ0n) is 10.8. The molecule has 0 saturated carbocycles. The summed E-state index contributed by atoms with van der Waals surface area (Å²) >= 11 is 7.74. The molecule has 1 aliphatic rings. The first-order chi connectivity index (χ1) is 9.78. The van der Waals surface area contributed by atoms with E-state index in [4.69, 9.17) is 11.6 Å². The Bertz CT molecular complexity index is 781. The van der Waals surface area contributed by atoms with Gasteiger partial charge in [-0.3, -0.25) is 0 Å². The molecule has 1 unspecified atom stereocenters. The lowest BCUT2D eigenvalue weighted by Gasteiger charge is -2.13. The van der Waals surface area contributed by atoms with Crippen LogP contribution in [0.15, 0.2) is 41.9 Å². The van der Waals surface area contributed by atoms with E-state index in [2.05, 4.69) is 40.6 Å². The molecule has 2 nitrogen and oxygen atoms in total. The van der Waals surface area contributed by atoms with Gasteiger partial charge >= 0.3 is 0 Å². The number of halogens is 1. The van der Waals surface area contributed by atoms with Crippen molar-refractivity contribution in [3.05, 3.63) is 58.1 Å². The van der Waals surface area contributed by atoms with Crippen molar-refractivity contribution in [1.29, 1.82) is 0 Å².